The Labute approximate surface area is 153 Å². The van der Waals surface area contributed by atoms with Gasteiger partial charge in [0.25, 0.3) is 0 Å². The molecule has 0 unspecified atom stereocenters. The Balaban J connectivity index is 1.65. The fraction of sp³-hybridized carbons (Fsp3) is 0.200. The van der Waals surface area contributed by atoms with Crippen molar-refractivity contribution in [3.05, 3.63) is 40.5 Å². The van der Waals surface area contributed by atoms with Crippen molar-refractivity contribution in [1.82, 2.24) is 25.1 Å². The van der Waals surface area contributed by atoms with Crippen LogP contribution >= 0.6 is 23.4 Å². The molecule has 25 heavy (non-hydrogen) atoms. The Morgan fingerprint density at radius 1 is 1.40 bits per heavy atom. The minimum atomic E-state index is -0.185. The van der Waals surface area contributed by atoms with E-state index in [1.54, 1.807) is 18.2 Å². The maximum absolute atomic E-state index is 12.2. The van der Waals surface area contributed by atoms with Crippen LogP contribution in [-0.4, -0.2) is 36.7 Å². The normalized spacial score (nSPS) is 10.8. The molecule has 2 aromatic heterocycles. The summed E-state index contributed by atoms with van der Waals surface area (Å²) in [5.41, 5.74) is 2.99. The summed E-state index contributed by atoms with van der Waals surface area (Å²) in [6, 6.07) is 7.17. The lowest BCUT2D eigenvalue weighted by molar-refractivity contribution is -0.113. The van der Waals surface area contributed by atoms with E-state index in [0.717, 1.165) is 11.3 Å². The van der Waals surface area contributed by atoms with Gasteiger partial charge >= 0.3 is 0 Å². The number of carbonyl (C=O) groups excluding carboxylic acids is 1. The summed E-state index contributed by atoms with van der Waals surface area (Å²) in [6.45, 7) is 3.73. The number of halogens is 1. The third-order valence-electron chi connectivity index (χ3n) is 3.47. The van der Waals surface area contributed by atoms with Gasteiger partial charge in [0.05, 0.1) is 5.75 Å². The molecule has 0 saturated heterocycles. The van der Waals surface area contributed by atoms with Crippen LogP contribution in [0.4, 0.5) is 5.69 Å². The number of nitrogens with one attached hydrogen (secondary N) is 2. The van der Waals surface area contributed by atoms with Gasteiger partial charge in [-0.3, -0.25) is 9.89 Å². The SMILES string of the molecule is Cc1cc(-c2nnc(SCC(=O)Nc3cccc(Cl)c3C)n2N)n[nH]1. The highest BCUT2D eigenvalue weighted by atomic mass is 35.5. The second-order valence-electron chi connectivity index (χ2n) is 5.36. The number of aryl methyl sites for hydroxylation is 1. The van der Waals surface area contributed by atoms with Gasteiger partial charge in [-0.2, -0.15) is 5.10 Å². The standard InChI is InChI=1S/C15H16ClN7OS/c1-8-6-12(20-19-8)14-21-22-15(23(14)17)25-7-13(24)18-11-5-3-4-10(16)9(11)2/h3-6H,7,17H2,1-2H3,(H,18,24)(H,19,20). The van der Waals surface area contributed by atoms with Gasteiger partial charge in [-0.1, -0.05) is 29.4 Å². The summed E-state index contributed by atoms with van der Waals surface area (Å²) >= 11 is 7.24. The molecule has 0 aliphatic heterocycles. The number of thioether (sulfide) groups is 1. The summed E-state index contributed by atoms with van der Waals surface area (Å²) in [5, 5.41) is 18.8. The molecule has 0 aliphatic carbocycles. The highest BCUT2D eigenvalue weighted by Crippen LogP contribution is 2.24. The van der Waals surface area contributed by atoms with Crippen LogP contribution in [0.1, 0.15) is 11.3 Å². The minimum absolute atomic E-state index is 0.140. The van der Waals surface area contributed by atoms with E-state index in [4.69, 9.17) is 17.4 Å². The lowest BCUT2D eigenvalue weighted by Crippen LogP contribution is -2.17. The van der Waals surface area contributed by atoms with Gasteiger partial charge in [0.1, 0.15) is 5.69 Å². The zero-order valence-corrected chi connectivity index (χ0v) is 15.1. The highest BCUT2D eigenvalue weighted by molar-refractivity contribution is 7.99. The number of hydrogen-bond acceptors (Lipinski definition) is 6. The van der Waals surface area contributed by atoms with Gasteiger partial charge in [0.15, 0.2) is 0 Å². The van der Waals surface area contributed by atoms with Crippen LogP contribution in [0, 0.1) is 13.8 Å². The van der Waals surface area contributed by atoms with E-state index in [1.807, 2.05) is 19.9 Å². The third-order valence-corrected chi connectivity index (χ3v) is 4.83. The van der Waals surface area contributed by atoms with Crippen LogP contribution < -0.4 is 11.2 Å². The van der Waals surface area contributed by atoms with E-state index in [1.165, 1.54) is 16.4 Å². The fourth-order valence-electron chi connectivity index (χ4n) is 2.14. The summed E-state index contributed by atoms with van der Waals surface area (Å²) in [6.07, 6.45) is 0. The number of amides is 1. The largest absolute Gasteiger partial charge is 0.335 e. The molecule has 10 heteroatoms. The van der Waals surface area contributed by atoms with Crippen LogP contribution in [0.2, 0.25) is 5.02 Å². The molecule has 0 spiro atoms. The van der Waals surface area contributed by atoms with Gasteiger partial charge in [0.2, 0.25) is 16.9 Å². The number of carbonyl (C=O) groups is 1. The van der Waals surface area contributed by atoms with Gasteiger partial charge in [-0.05, 0) is 37.6 Å². The number of rotatable bonds is 5. The number of aromatic amines is 1. The van der Waals surface area contributed by atoms with E-state index in [9.17, 15) is 4.79 Å². The summed E-state index contributed by atoms with van der Waals surface area (Å²) in [4.78, 5) is 12.2. The topological polar surface area (TPSA) is 115 Å². The molecule has 130 valence electrons. The maximum atomic E-state index is 12.2. The molecule has 0 fully saturated rings. The van der Waals surface area contributed by atoms with E-state index < -0.39 is 0 Å². The van der Waals surface area contributed by atoms with Crippen molar-refractivity contribution in [2.45, 2.75) is 19.0 Å². The lowest BCUT2D eigenvalue weighted by Gasteiger charge is -2.09. The second-order valence-corrected chi connectivity index (χ2v) is 6.71. The quantitative estimate of drug-likeness (QED) is 0.464. The molecule has 0 aliphatic rings. The Hall–Kier alpha value is -2.52. The first-order valence-electron chi connectivity index (χ1n) is 7.36. The van der Waals surface area contributed by atoms with E-state index >= 15 is 0 Å². The molecule has 3 aromatic rings. The number of nitrogens with two attached hydrogens (primary N) is 1. The van der Waals surface area contributed by atoms with Crippen LogP contribution in [-0.2, 0) is 4.79 Å². The molecule has 1 amide bonds. The predicted molar refractivity (Wildman–Crippen MR) is 98.0 cm³/mol. The van der Waals surface area contributed by atoms with Crippen molar-refractivity contribution in [1.29, 1.82) is 0 Å². The van der Waals surface area contributed by atoms with Crippen LogP contribution in [0.15, 0.2) is 29.4 Å². The van der Waals surface area contributed by atoms with E-state index in [-0.39, 0.29) is 11.7 Å². The second kappa shape index (κ2) is 7.16. The third kappa shape index (κ3) is 3.77. The fourth-order valence-corrected chi connectivity index (χ4v) is 2.97. The van der Waals surface area contributed by atoms with Gasteiger partial charge in [-0.15, -0.1) is 10.2 Å². The van der Waals surface area contributed by atoms with Crippen molar-refractivity contribution < 1.29 is 4.79 Å². The van der Waals surface area contributed by atoms with Crippen molar-refractivity contribution in [2.24, 2.45) is 0 Å². The van der Waals surface area contributed by atoms with E-state index in [0.29, 0.717) is 27.4 Å². The monoisotopic (exact) mass is 377 g/mol. The molecule has 3 rings (SSSR count). The lowest BCUT2D eigenvalue weighted by atomic mass is 10.2. The van der Waals surface area contributed by atoms with Crippen molar-refractivity contribution in [2.75, 3.05) is 16.9 Å². The first-order chi connectivity index (χ1) is 12.0. The molecular weight excluding hydrogens is 362 g/mol. The first kappa shape index (κ1) is 17.3. The van der Waals surface area contributed by atoms with Crippen molar-refractivity contribution in [3.63, 3.8) is 0 Å². The predicted octanol–water partition coefficient (Wildman–Crippen LogP) is 2.38. The molecule has 0 radical (unpaired) electrons. The Morgan fingerprint density at radius 3 is 2.92 bits per heavy atom. The number of anilines is 1. The minimum Gasteiger partial charge on any atom is -0.335 e. The zero-order valence-electron chi connectivity index (χ0n) is 13.6. The van der Waals surface area contributed by atoms with Crippen LogP contribution in [0.25, 0.3) is 11.5 Å². The van der Waals surface area contributed by atoms with Crippen LogP contribution in [0.3, 0.4) is 0 Å². The maximum Gasteiger partial charge on any atom is 0.234 e. The number of nitrogens with zero attached hydrogens (tertiary/aromatic N) is 4. The number of nitrogen functional groups attached to an aromatic ring is 1. The molecule has 0 atom stereocenters. The van der Waals surface area contributed by atoms with Crippen LogP contribution in [0.5, 0.6) is 0 Å². The number of aromatic nitrogens is 5. The molecule has 0 saturated carbocycles. The molecule has 1 aromatic carbocycles. The Bertz CT molecular complexity index is 920. The smallest absolute Gasteiger partial charge is 0.234 e. The number of H-pyrrole nitrogens is 1. The molecular formula is C15H16ClN7OS. The average molecular weight is 378 g/mol. The zero-order chi connectivity index (χ0) is 18.0. The van der Waals surface area contributed by atoms with Gasteiger partial charge in [-0.25, -0.2) is 4.68 Å². The number of benzene rings is 1. The molecule has 8 nitrogen and oxygen atoms in total. The van der Waals surface area contributed by atoms with Crippen molar-refractivity contribution >= 4 is 35.0 Å². The molecule has 4 N–H and O–H groups in total. The summed E-state index contributed by atoms with van der Waals surface area (Å²) in [5.74, 6) is 6.38. The summed E-state index contributed by atoms with van der Waals surface area (Å²) in [7, 11) is 0. The van der Waals surface area contributed by atoms with Gasteiger partial charge < -0.3 is 11.2 Å². The molecule has 0 bridgehead atoms. The Kier molecular flexibility index (Phi) is 4.95. The summed E-state index contributed by atoms with van der Waals surface area (Å²) < 4.78 is 1.32. The van der Waals surface area contributed by atoms with Crippen molar-refractivity contribution in [3.8, 4) is 11.5 Å². The first-order valence-corrected chi connectivity index (χ1v) is 8.72. The average Bonchev–Trinajstić information content (AvgIpc) is 3.16. The number of hydrogen-bond donors (Lipinski definition) is 3. The molecule has 2 heterocycles. The Morgan fingerprint density at radius 2 is 2.20 bits per heavy atom. The highest BCUT2D eigenvalue weighted by Gasteiger charge is 2.16. The van der Waals surface area contributed by atoms with Gasteiger partial charge in [0, 0.05) is 16.4 Å². The van der Waals surface area contributed by atoms with E-state index in [2.05, 4.69) is 25.7 Å².